The smallest absolute Gasteiger partial charge is 0.124 e. The number of hydrogen-bond donors (Lipinski definition) is 1. The summed E-state index contributed by atoms with van der Waals surface area (Å²) in [5.74, 6) is 0. The first-order valence-electron chi connectivity index (χ1n) is 10.7. The highest BCUT2D eigenvalue weighted by Crippen LogP contribution is 2.33. The molecule has 1 fully saturated rings. The number of aliphatic hydroxyl groups is 1. The van der Waals surface area contributed by atoms with Gasteiger partial charge in [-0.3, -0.25) is 0 Å². The minimum Gasteiger partial charge on any atom is -0.391 e. The minimum absolute atomic E-state index is 0.244. The van der Waals surface area contributed by atoms with Gasteiger partial charge in [-0.1, -0.05) is 55.0 Å². The van der Waals surface area contributed by atoms with Gasteiger partial charge >= 0.3 is 0 Å². The normalized spacial score (nSPS) is 17.1. The Hall–Kier alpha value is -1.57. The average molecular weight is 478 g/mol. The Morgan fingerprint density at radius 3 is 2.55 bits per heavy atom. The summed E-state index contributed by atoms with van der Waals surface area (Å²) in [4.78, 5) is 6.98. The van der Waals surface area contributed by atoms with Crippen LogP contribution in [0.25, 0.3) is 22.3 Å². The van der Waals surface area contributed by atoms with Gasteiger partial charge in [0.1, 0.15) is 11.9 Å². The Balaban J connectivity index is 1.54. The second kappa shape index (κ2) is 9.12. The molecule has 0 aliphatic carbocycles. The van der Waals surface area contributed by atoms with Crippen LogP contribution in [-0.4, -0.2) is 48.5 Å². The van der Waals surface area contributed by atoms with Crippen molar-refractivity contribution in [3.8, 4) is 11.3 Å². The molecular weight excluding hydrogens is 449 g/mol. The molecule has 1 atom stereocenters. The molecule has 0 amide bonds. The highest BCUT2D eigenvalue weighted by Gasteiger charge is 2.21. The van der Waals surface area contributed by atoms with Crippen LogP contribution in [0.2, 0.25) is 35.9 Å². The molecule has 0 unspecified atom stereocenters. The third-order valence-electron chi connectivity index (χ3n) is 5.67. The second-order valence-corrected chi connectivity index (χ2v) is 15.8. The van der Waals surface area contributed by atoms with Crippen LogP contribution in [0.15, 0.2) is 36.4 Å². The Labute approximate surface area is 194 Å². The number of nitrogens with zero attached hydrogens (tertiary/aromatic N) is 3. The van der Waals surface area contributed by atoms with E-state index in [1.165, 1.54) is 0 Å². The van der Waals surface area contributed by atoms with Gasteiger partial charge in [0.2, 0.25) is 0 Å². The molecule has 166 valence electrons. The maximum atomic E-state index is 9.77. The van der Waals surface area contributed by atoms with Crippen LogP contribution >= 0.6 is 23.2 Å². The van der Waals surface area contributed by atoms with Crippen LogP contribution in [0.1, 0.15) is 6.42 Å². The molecule has 0 radical (unpaired) electrons. The molecule has 31 heavy (non-hydrogen) atoms. The summed E-state index contributed by atoms with van der Waals surface area (Å²) in [7, 11) is -1.13. The lowest BCUT2D eigenvalue weighted by molar-refractivity contribution is 0.0904. The van der Waals surface area contributed by atoms with Gasteiger partial charge in [0.15, 0.2) is 0 Å². The average Bonchev–Trinajstić information content (AvgIpc) is 3.27. The van der Waals surface area contributed by atoms with Crippen molar-refractivity contribution in [2.45, 2.75) is 44.9 Å². The van der Waals surface area contributed by atoms with E-state index in [9.17, 15) is 5.11 Å². The predicted molar refractivity (Wildman–Crippen MR) is 132 cm³/mol. The van der Waals surface area contributed by atoms with E-state index in [0.717, 1.165) is 53.6 Å². The molecule has 4 rings (SSSR count). The van der Waals surface area contributed by atoms with Gasteiger partial charge in [0.05, 0.1) is 27.9 Å². The molecule has 1 N–H and O–H groups in total. The summed E-state index contributed by atoms with van der Waals surface area (Å²) in [5, 5.41) is 10.9. The maximum absolute atomic E-state index is 9.77. The van der Waals surface area contributed by atoms with Crippen molar-refractivity contribution in [2.75, 3.05) is 24.6 Å². The Bertz CT molecular complexity index is 1060. The first-order chi connectivity index (χ1) is 14.7. The highest BCUT2D eigenvalue weighted by atomic mass is 35.5. The zero-order valence-electron chi connectivity index (χ0n) is 18.2. The van der Waals surface area contributed by atoms with Crippen LogP contribution in [0.5, 0.6) is 0 Å². The van der Waals surface area contributed by atoms with Crippen molar-refractivity contribution in [3.05, 3.63) is 46.6 Å². The van der Waals surface area contributed by atoms with E-state index in [4.69, 9.17) is 32.9 Å². The SMILES string of the molecule is C[Si](C)(C)CCOCn1c(Cl)cc2nc(-c3ccc(N4CC[C@@H](O)C4)cc3)c(Cl)cc21. The fourth-order valence-corrected chi connectivity index (χ4v) is 5.05. The lowest BCUT2D eigenvalue weighted by Gasteiger charge is -2.18. The van der Waals surface area contributed by atoms with Gasteiger partial charge < -0.3 is 19.3 Å². The van der Waals surface area contributed by atoms with Crippen molar-refractivity contribution in [1.29, 1.82) is 0 Å². The molecule has 1 aliphatic rings. The standard InChI is InChI=1S/C23H29Cl2N3O2Si/c1-31(2,3)11-10-30-15-28-21-12-19(24)23(26-20(21)13-22(28)25)16-4-6-17(7-5-16)27-9-8-18(29)14-27/h4-7,12-13,18,29H,8-11,14-15H2,1-3H3/t18-/m1/s1. The van der Waals surface area contributed by atoms with E-state index in [-0.39, 0.29) is 6.10 Å². The van der Waals surface area contributed by atoms with Crippen LogP contribution in [0.4, 0.5) is 5.69 Å². The number of β-amino-alcohol motifs (C(OH)–C–C–N with tert-alkyl or cyclic N) is 1. The third-order valence-corrected chi connectivity index (χ3v) is 7.98. The number of pyridine rings is 1. The number of fused-ring (bicyclic) bond motifs is 1. The van der Waals surface area contributed by atoms with Gasteiger partial charge in [0.25, 0.3) is 0 Å². The summed E-state index contributed by atoms with van der Waals surface area (Å²) in [6.07, 6.45) is 0.567. The summed E-state index contributed by atoms with van der Waals surface area (Å²) in [6.45, 7) is 9.67. The first-order valence-corrected chi connectivity index (χ1v) is 15.1. The van der Waals surface area contributed by atoms with Crippen molar-refractivity contribution < 1.29 is 9.84 Å². The number of hydrogen-bond acceptors (Lipinski definition) is 4. The minimum atomic E-state index is -1.13. The number of benzene rings is 1. The summed E-state index contributed by atoms with van der Waals surface area (Å²) in [6, 6.07) is 13.0. The molecular formula is C23H29Cl2N3O2Si. The number of rotatable bonds is 7. The van der Waals surface area contributed by atoms with Crippen LogP contribution < -0.4 is 4.90 Å². The molecule has 1 aromatic carbocycles. The number of anilines is 1. The molecule has 0 bridgehead atoms. The van der Waals surface area contributed by atoms with Crippen LogP contribution in [0, 0.1) is 0 Å². The molecule has 0 spiro atoms. The summed E-state index contributed by atoms with van der Waals surface area (Å²) >= 11 is 13.1. The van der Waals surface area contributed by atoms with Gasteiger partial charge in [-0.2, -0.15) is 0 Å². The number of aliphatic hydroxyl groups excluding tert-OH is 1. The highest BCUT2D eigenvalue weighted by molar-refractivity contribution is 6.76. The molecule has 1 aliphatic heterocycles. The molecule has 0 saturated carbocycles. The van der Waals surface area contributed by atoms with Crippen LogP contribution in [0.3, 0.4) is 0 Å². The Morgan fingerprint density at radius 1 is 1.16 bits per heavy atom. The maximum Gasteiger partial charge on any atom is 0.124 e. The second-order valence-electron chi connectivity index (χ2n) is 9.40. The molecule has 1 saturated heterocycles. The van der Waals surface area contributed by atoms with Gasteiger partial charge in [-0.05, 0) is 30.7 Å². The van der Waals surface area contributed by atoms with Crippen molar-refractivity contribution in [2.24, 2.45) is 0 Å². The summed E-state index contributed by atoms with van der Waals surface area (Å²) in [5.41, 5.74) is 4.45. The van der Waals surface area contributed by atoms with Gasteiger partial charge in [0, 0.05) is 45.1 Å². The first kappa shape index (κ1) is 22.6. The fourth-order valence-electron chi connectivity index (χ4n) is 3.80. The largest absolute Gasteiger partial charge is 0.391 e. The lowest BCUT2D eigenvalue weighted by Crippen LogP contribution is -2.22. The quantitative estimate of drug-likeness (QED) is 0.340. The number of ether oxygens (including phenoxy) is 1. The van der Waals surface area contributed by atoms with Gasteiger partial charge in [-0.25, -0.2) is 4.98 Å². The lowest BCUT2D eigenvalue weighted by atomic mass is 10.1. The van der Waals surface area contributed by atoms with Crippen LogP contribution in [-0.2, 0) is 11.5 Å². The number of aromatic nitrogens is 2. The van der Waals surface area contributed by atoms with E-state index in [1.807, 2.05) is 28.8 Å². The van der Waals surface area contributed by atoms with E-state index < -0.39 is 8.07 Å². The predicted octanol–water partition coefficient (Wildman–Crippen LogP) is 5.89. The molecule has 5 nitrogen and oxygen atoms in total. The zero-order valence-corrected chi connectivity index (χ0v) is 20.7. The van der Waals surface area contributed by atoms with E-state index in [1.54, 1.807) is 0 Å². The third kappa shape index (κ3) is 5.26. The molecule has 8 heteroatoms. The Kier molecular flexibility index (Phi) is 6.65. The van der Waals surface area contributed by atoms with Crippen molar-refractivity contribution >= 4 is 48.0 Å². The van der Waals surface area contributed by atoms with E-state index in [0.29, 0.717) is 23.5 Å². The number of halogens is 2. The Morgan fingerprint density at radius 2 is 1.90 bits per heavy atom. The fraction of sp³-hybridized carbons (Fsp3) is 0.435. The zero-order chi connectivity index (χ0) is 22.2. The summed E-state index contributed by atoms with van der Waals surface area (Å²) < 4.78 is 7.80. The topological polar surface area (TPSA) is 50.5 Å². The monoisotopic (exact) mass is 477 g/mol. The van der Waals surface area contributed by atoms with E-state index in [2.05, 4.69) is 36.7 Å². The van der Waals surface area contributed by atoms with E-state index >= 15 is 0 Å². The molecule has 3 aromatic rings. The van der Waals surface area contributed by atoms with Gasteiger partial charge in [-0.15, -0.1) is 0 Å². The van der Waals surface area contributed by atoms with Crippen molar-refractivity contribution in [1.82, 2.24) is 9.55 Å². The molecule has 2 aromatic heterocycles. The van der Waals surface area contributed by atoms with Crippen molar-refractivity contribution in [3.63, 3.8) is 0 Å². The molecule has 3 heterocycles.